The molecule has 0 bridgehead atoms. The van der Waals surface area contributed by atoms with Crippen LogP contribution in [-0.4, -0.2) is 49.8 Å². The molecule has 0 fully saturated rings. The Morgan fingerprint density at radius 2 is 2.23 bits per heavy atom. The van der Waals surface area contributed by atoms with Gasteiger partial charge in [-0.05, 0) is 14.0 Å². The van der Waals surface area contributed by atoms with Gasteiger partial charge in [0.05, 0.1) is 6.61 Å². The lowest BCUT2D eigenvalue weighted by atomic mass is 10.2. The first kappa shape index (κ1) is 12.1. The third-order valence-corrected chi connectivity index (χ3v) is 1.57. The minimum absolute atomic E-state index is 0.662. The van der Waals surface area contributed by atoms with Crippen LogP contribution in [-0.2, 0) is 9.53 Å². The fraction of sp³-hybridized carbons (Fsp3) is 0.667. The Kier molecular flexibility index (Phi) is 6.18. The Labute approximate surface area is 78.8 Å². The standard InChI is InChI=1S/C9H17NO3/c1-8(6-9(11)12)7-10(2)4-5-13-3/h6H,4-5,7H2,1-3H3,(H,11,12). The van der Waals surface area contributed by atoms with Gasteiger partial charge in [0.1, 0.15) is 0 Å². The molecule has 0 saturated carbocycles. The molecule has 0 amide bonds. The number of hydrogen-bond donors (Lipinski definition) is 1. The first-order chi connectivity index (χ1) is 6.06. The number of carboxylic acids is 1. The van der Waals surface area contributed by atoms with Crippen LogP contribution in [0, 0.1) is 0 Å². The van der Waals surface area contributed by atoms with Crippen molar-refractivity contribution in [3.63, 3.8) is 0 Å². The molecule has 0 heterocycles. The molecule has 0 aromatic carbocycles. The van der Waals surface area contributed by atoms with Crippen LogP contribution in [0.25, 0.3) is 0 Å². The highest BCUT2D eigenvalue weighted by molar-refractivity contribution is 5.80. The summed E-state index contributed by atoms with van der Waals surface area (Å²) in [6.07, 6.45) is 1.23. The van der Waals surface area contributed by atoms with E-state index >= 15 is 0 Å². The Bertz CT molecular complexity index is 189. The van der Waals surface area contributed by atoms with Crippen molar-refractivity contribution in [1.29, 1.82) is 0 Å². The maximum atomic E-state index is 10.3. The van der Waals surface area contributed by atoms with Crippen LogP contribution >= 0.6 is 0 Å². The lowest BCUT2D eigenvalue weighted by molar-refractivity contribution is -0.131. The SMILES string of the molecule is COCCN(C)CC(C)=CC(=O)O. The van der Waals surface area contributed by atoms with E-state index in [1.807, 2.05) is 11.9 Å². The van der Waals surface area contributed by atoms with E-state index in [-0.39, 0.29) is 0 Å². The van der Waals surface area contributed by atoms with Gasteiger partial charge in [0.15, 0.2) is 0 Å². The van der Waals surface area contributed by atoms with E-state index in [4.69, 9.17) is 9.84 Å². The van der Waals surface area contributed by atoms with E-state index in [2.05, 4.69) is 0 Å². The quantitative estimate of drug-likeness (QED) is 0.618. The van der Waals surface area contributed by atoms with E-state index in [0.717, 1.165) is 12.1 Å². The molecular formula is C9H17NO3. The summed E-state index contributed by atoms with van der Waals surface area (Å²) in [5, 5.41) is 8.45. The van der Waals surface area contributed by atoms with Crippen LogP contribution < -0.4 is 0 Å². The lowest BCUT2D eigenvalue weighted by Gasteiger charge is -2.15. The molecule has 0 aliphatic carbocycles. The Morgan fingerprint density at radius 3 is 2.69 bits per heavy atom. The number of aliphatic carboxylic acids is 1. The molecular weight excluding hydrogens is 170 g/mol. The smallest absolute Gasteiger partial charge is 0.328 e. The molecule has 0 radical (unpaired) electrons. The normalized spacial score (nSPS) is 12.2. The molecule has 0 unspecified atom stereocenters. The van der Waals surface area contributed by atoms with Crippen molar-refractivity contribution in [2.24, 2.45) is 0 Å². The fourth-order valence-corrected chi connectivity index (χ4v) is 1.01. The highest BCUT2D eigenvalue weighted by atomic mass is 16.5. The van der Waals surface area contributed by atoms with Crippen molar-refractivity contribution in [2.45, 2.75) is 6.92 Å². The fourth-order valence-electron chi connectivity index (χ4n) is 1.01. The molecule has 0 aromatic rings. The molecule has 0 aliphatic heterocycles. The van der Waals surface area contributed by atoms with Crippen molar-refractivity contribution < 1.29 is 14.6 Å². The van der Waals surface area contributed by atoms with E-state index < -0.39 is 5.97 Å². The van der Waals surface area contributed by atoms with Gasteiger partial charge in [-0.3, -0.25) is 0 Å². The average molecular weight is 187 g/mol. The summed E-state index contributed by atoms with van der Waals surface area (Å²) < 4.78 is 4.90. The molecule has 0 atom stereocenters. The van der Waals surface area contributed by atoms with Crippen LogP contribution in [0.1, 0.15) is 6.92 Å². The Hall–Kier alpha value is -0.870. The summed E-state index contributed by atoms with van der Waals surface area (Å²) in [6, 6.07) is 0. The second-order valence-electron chi connectivity index (χ2n) is 3.06. The molecule has 0 aliphatic rings. The van der Waals surface area contributed by atoms with Gasteiger partial charge >= 0.3 is 5.97 Å². The van der Waals surface area contributed by atoms with Crippen LogP contribution in [0.3, 0.4) is 0 Å². The van der Waals surface area contributed by atoms with Gasteiger partial charge in [-0.1, -0.05) is 5.57 Å². The number of methoxy groups -OCH3 is 1. The summed E-state index contributed by atoms with van der Waals surface area (Å²) in [4.78, 5) is 12.3. The zero-order chi connectivity index (χ0) is 10.3. The number of rotatable bonds is 6. The Morgan fingerprint density at radius 1 is 1.62 bits per heavy atom. The number of ether oxygens (including phenoxy) is 1. The number of carbonyl (C=O) groups is 1. The molecule has 13 heavy (non-hydrogen) atoms. The number of likely N-dealkylation sites (N-methyl/N-ethyl adjacent to an activating group) is 1. The number of carboxylic acid groups (broad SMARTS) is 1. The van der Waals surface area contributed by atoms with Gasteiger partial charge in [0, 0.05) is 26.3 Å². The molecule has 4 heteroatoms. The van der Waals surface area contributed by atoms with E-state index in [1.165, 1.54) is 6.08 Å². The topological polar surface area (TPSA) is 49.8 Å². The first-order valence-corrected chi connectivity index (χ1v) is 4.14. The zero-order valence-corrected chi connectivity index (χ0v) is 8.41. The van der Waals surface area contributed by atoms with Crippen molar-refractivity contribution >= 4 is 5.97 Å². The molecule has 1 N–H and O–H groups in total. The summed E-state index contributed by atoms with van der Waals surface area (Å²) in [7, 11) is 3.58. The van der Waals surface area contributed by atoms with Crippen LogP contribution in [0.2, 0.25) is 0 Å². The van der Waals surface area contributed by atoms with Gasteiger partial charge in [0.2, 0.25) is 0 Å². The maximum Gasteiger partial charge on any atom is 0.328 e. The average Bonchev–Trinajstić information content (AvgIpc) is 1.98. The minimum atomic E-state index is -0.891. The van der Waals surface area contributed by atoms with Crippen molar-refractivity contribution in [3.05, 3.63) is 11.6 Å². The third-order valence-electron chi connectivity index (χ3n) is 1.57. The Balaban J connectivity index is 3.77. The van der Waals surface area contributed by atoms with Gasteiger partial charge < -0.3 is 14.7 Å². The maximum absolute atomic E-state index is 10.3. The van der Waals surface area contributed by atoms with Crippen molar-refractivity contribution in [3.8, 4) is 0 Å². The van der Waals surface area contributed by atoms with Crippen LogP contribution in [0.4, 0.5) is 0 Å². The van der Waals surface area contributed by atoms with Gasteiger partial charge in [-0.15, -0.1) is 0 Å². The van der Waals surface area contributed by atoms with Crippen LogP contribution in [0.15, 0.2) is 11.6 Å². The second-order valence-corrected chi connectivity index (χ2v) is 3.06. The summed E-state index contributed by atoms with van der Waals surface area (Å²) >= 11 is 0. The van der Waals surface area contributed by atoms with Crippen molar-refractivity contribution in [2.75, 3.05) is 33.9 Å². The highest BCUT2D eigenvalue weighted by Crippen LogP contribution is 1.95. The predicted octanol–water partition coefficient (Wildman–Crippen LogP) is 0.595. The molecule has 0 rings (SSSR count). The van der Waals surface area contributed by atoms with Gasteiger partial charge in [-0.25, -0.2) is 4.79 Å². The summed E-state index contributed by atoms with van der Waals surface area (Å²) in [6.45, 7) is 3.94. The second kappa shape index (κ2) is 6.62. The van der Waals surface area contributed by atoms with E-state index in [9.17, 15) is 4.79 Å². The molecule has 0 saturated heterocycles. The number of nitrogens with zero attached hydrogens (tertiary/aromatic N) is 1. The minimum Gasteiger partial charge on any atom is -0.478 e. The molecule has 0 aromatic heterocycles. The summed E-state index contributed by atoms with van der Waals surface area (Å²) in [5.74, 6) is -0.891. The predicted molar refractivity (Wildman–Crippen MR) is 50.8 cm³/mol. The lowest BCUT2D eigenvalue weighted by Crippen LogP contribution is -2.24. The third kappa shape index (κ3) is 7.49. The van der Waals surface area contributed by atoms with Crippen molar-refractivity contribution in [1.82, 2.24) is 4.90 Å². The largest absolute Gasteiger partial charge is 0.478 e. The zero-order valence-electron chi connectivity index (χ0n) is 8.41. The van der Waals surface area contributed by atoms with Gasteiger partial charge in [-0.2, -0.15) is 0 Å². The van der Waals surface area contributed by atoms with E-state index in [1.54, 1.807) is 14.0 Å². The first-order valence-electron chi connectivity index (χ1n) is 4.14. The molecule has 76 valence electrons. The molecule has 0 spiro atoms. The highest BCUT2D eigenvalue weighted by Gasteiger charge is 2.00. The van der Waals surface area contributed by atoms with E-state index in [0.29, 0.717) is 13.2 Å². The van der Waals surface area contributed by atoms with Crippen LogP contribution in [0.5, 0.6) is 0 Å². The summed E-state index contributed by atoms with van der Waals surface area (Å²) in [5.41, 5.74) is 0.839. The monoisotopic (exact) mass is 187 g/mol. The number of hydrogen-bond acceptors (Lipinski definition) is 3. The van der Waals surface area contributed by atoms with Gasteiger partial charge in [0.25, 0.3) is 0 Å². The molecule has 4 nitrogen and oxygen atoms in total.